The highest BCUT2D eigenvalue weighted by molar-refractivity contribution is 5.82. The van der Waals surface area contributed by atoms with Crippen LogP contribution in [-0.4, -0.2) is 11.1 Å². The molecule has 1 aromatic heterocycles. The lowest BCUT2D eigenvalue weighted by Crippen LogP contribution is -1.84. The number of aromatic nitrogens is 1. The maximum atomic E-state index is 9.98. The molecule has 74 valence electrons. The predicted octanol–water partition coefficient (Wildman–Crippen LogP) is 2.38. The second-order valence-electron chi connectivity index (χ2n) is 3.41. The topological polar surface area (TPSA) is 42.3 Å². The zero-order chi connectivity index (χ0) is 10.7. The van der Waals surface area contributed by atoms with E-state index in [2.05, 4.69) is 9.98 Å². The number of aryl methyl sites for hydroxylation is 1. The van der Waals surface area contributed by atoms with E-state index in [9.17, 15) is 4.79 Å². The lowest BCUT2D eigenvalue weighted by Gasteiger charge is -2.01. The van der Waals surface area contributed by atoms with E-state index in [0.29, 0.717) is 6.54 Å². The van der Waals surface area contributed by atoms with Gasteiger partial charge in [-0.25, -0.2) is 9.79 Å². The summed E-state index contributed by atoms with van der Waals surface area (Å²) < 4.78 is 0. The van der Waals surface area contributed by atoms with Crippen molar-refractivity contribution in [1.29, 1.82) is 0 Å². The Morgan fingerprint density at radius 1 is 1.33 bits per heavy atom. The lowest BCUT2D eigenvalue weighted by atomic mass is 10.1. The van der Waals surface area contributed by atoms with E-state index < -0.39 is 0 Å². The zero-order valence-corrected chi connectivity index (χ0v) is 8.40. The first kappa shape index (κ1) is 9.56. The van der Waals surface area contributed by atoms with E-state index in [4.69, 9.17) is 0 Å². The number of carbonyl (C=O) groups excluding carboxylic acids is 1. The average molecular weight is 198 g/mol. The molecule has 2 rings (SSSR count). The minimum atomic E-state index is 0.382. The van der Waals surface area contributed by atoms with Crippen molar-refractivity contribution in [2.45, 2.75) is 13.5 Å². The molecule has 1 heterocycles. The summed E-state index contributed by atoms with van der Waals surface area (Å²) in [5, 5.41) is 2.22. The standard InChI is InChI=1S/C12H10N2O/c1-9-4-11-3-2-10(6-13-8-15)5-12(11)7-14-9/h2-5,7H,6H2,1H3. The van der Waals surface area contributed by atoms with E-state index in [0.717, 1.165) is 22.0 Å². The first-order valence-electron chi connectivity index (χ1n) is 4.68. The molecule has 0 unspecified atom stereocenters. The molecular formula is C12H10N2O. The summed E-state index contributed by atoms with van der Waals surface area (Å²) in [4.78, 5) is 17.7. The molecule has 0 aliphatic heterocycles. The van der Waals surface area contributed by atoms with Gasteiger partial charge >= 0.3 is 0 Å². The molecule has 3 nitrogen and oxygen atoms in total. The van der Waals surface area contributed by atoms with Crippen LogP contribution < -0.4 is 0 Å². The molecule has 0 aliphatic carbocycles. The molecule has 0 fully saturated rings. The molecule has 0 radical (unpaired) electrons. The summed E-state index contributed by atoms with van der Waals surface area (Å²) in [7, 11) is 0. The van der Waals surface area contributed by atoms with Crippen LogP contribution in [0.25, 0.3) is 10.8 Å². The molecule has 0 spiro atoms. The minimum absolute atomic E-state index is 0.382. The van der Waals surface area contributed by atoms with Gasteiger partial charge in [-0.1, -0.05) is 12.1 Å². The van der Waals surface area contributed by atoms with Gasteiger partial charge < -0.3 is 0 Å². The van der Waals surface area contributed by atoms with Crippen LogP contribution in [0.15, 0.2) is 35.5 Å². The minimum Gasteiger partial charge on any atom is -0.261 e. The number of benzene rings is 1. The monoisotopic (exact) mass is 198 g/mol. The third kappa shape index (κ3) is 2.09. The molecule has 3 heteroatoms. The fourth-order valence-electron chi connectivity index (χ4n) is 1.52. The van der Waals surface area contributed by atoms with Crippen molar-refractivity contribution < 1.29 is 4.79 Å². The van der Waals surface area contributed by atoms with E-state index in [-0.39, 0.29) is 0 Å². The van der Waals surface area contributed by atoms with Crippen LogP contribution >= 0.6 is 0 Å². The molecule has 0 amide bonds. The van der Waals surface area contributed by atoms with Crippen molar-refractivity contribution in [3.8, 4) is 0 Å². The number of fused-ring (bicyclic) bond motifs is 1. The molecule has 0 atom stereocenters. The summed E-state index contributed by atoms with van der Waals surface area (Å²) in [6.07, 6.45) is 3.36. The maximum Gasteiger partial charge on any atom is 0.235 e. The fraction of sp³-hybridized carbons (Fsp3) is 0.167. The van der Waals surface area contributed by atoms with Gasteiger partial charge in [0.05, 0.1) is 6.54 Å². The van der Waals surface area contributed by atoms with Crippen molar-refractivity contribution in [3.05, 3.63) is 41.7 Å². The Balaban J connectivity index is 2.47. The number of hydrogen-bond acceptors (Lipinski definition) is 3. The smallest absolute Gasteiger partial charge is 0.235 e. The van der Waals surface area contributed by atoms with Crippen molar-refractivity contribution in [1.82, 2.24) is 4.98 Å². The van der Waals surface area contributed by atoms with E-state index >= 15 is 0 Å². The number of aliphatic imine (C=N–C) groups is 1. The van der Waals surface area contributed by atoms with Gasteiger partial charge in [-0.05, 0) is 30.0 Å². The van der Waals surface area contributed by atoms with Gasteiger partial charge in [0.1, 0.15) is 0 Å². The molecule has 0 saturated carbocycles. The number of hydrogen-bond donors (Lipinski definition) is 0. The summed E-state index contributed by atoms with van der Waals surface area (Å²) in [5.41, 5.74) is 2.00. The fourth-order valence-corrected chi connectivity index (χ4v) is 1.52. The second kappa shape index (κ2) is 4.03. The Bertz CT molecular complexity index is 542. The maximum absolute atomic E-state index is 9.98. The van der Waals surface area contributed by atoms with Gasteiger partial charge in [0.25, 0.3) is 0 Å². The van der Waals surface area contributed by atoms with Crippen LogP contribution in [-0.2, 0) is 11.3 Å². The number of isocyanates is 1. The molecule has 0 aliphatic rings. The summed E-state index contributed by atoms with van der Waals surface area (Å²) >= 11 is 0. The van der Waals surface area contributed by atoms with Crippen molar-refractivity contribution in [3.63, 3.8) is 0 Å². The SMILES string of the molecule is Cc1cc2ccc(CN=C=O)cc2cn1. The van der Waals surface area contributed by atoms with E-state index in [1.54, 1.807) is 0 Å². The van der Waals surface area contributed by atoms with Gasteiger partial charge in [-0.2, -0.15) is 0 Å². The molecule has 0 N–H and O–H groups in total. The molecule has 0 saturated heterocycles. The van der Waals surface area contributed by atoms with Crippen molar-refractivity contribution in [2.24, 2.45) is 4.99 Å². The Morgan fingerprint density at radius 2 is 2.20 bits per heavy atom. The van der Waals surface area contributed by atoms with Gasteiger partial charge in [0.15, 0.2) is 0 Å². The van der Waals surface area contributed by atoms with Crippen LogP contribution in [0.3, 0.4) is 0 Å². The van der Waals surface area contributed by atoms with E-state index in [1.165, 1.54) is 6.08 Å². The van der Waals surface area contributed by atoms with Crippen LogP contribution in [0.4, 0.5) is 0 Å². The molecule has 0 bridgehead atoms. The Kier molecular flexibility index (Phi) is 2.57. The van der Waals surface area contributed by atoms with Crippen molar-refractivity contribution >= 4 is 16.9 Å². The average Bonchev–Trinajstić information content (AvgIpc) is 2.26. The van der Waals surface area contributed by atoms with Crippen LogP contribution in [0.1, 0.15) is 11.3 Å². The zero-order valence-electron chi connectivity index (χ0n) is 8.40. The number of rotatable bonds is 2. The Hall–Kier alpha value is -1.99. The largest absolute Gasteiger partial charge is 0.261 e. The molecule has 1 aromatic carbocycles. The first-order valence-corrected chi connectivity index (χ1v) is 4.68. The highest BCUT2D eigenvalue weighted by Gasteiger charge is 1.97. The summed E-state index contributed by atoms with van der Waals surface area (Å²) in [5.74, 6) is 0. The van der Waals surface area contributed by atoms with Gasteiger partial charge in [0, 0.05) is 17.3 Å². The first-order chi connectivity index (χ1) is 7.29. The van der Waals surface area contributed by atoms with Crippen LogP contribution in [0.5, 0.6) is 0 Å². The van der Waals surface area contributed by atoms with E-state index in [1.807, 2.05) is 37.4 Å². The third-order valence-corrected chi connectivity index (χ3v) is 2.25. The normalized spacial score (nSPS) is 9.93. The Labute approximate surface area is 87.5 Å². The van der Waals surface area contributed by atoms with Crippen LogP contribution in [0, 0.1) is 6.92 Å². The highest BCUT2D eigenvalue weighted by atomic mass is 16.1. The second-order valence-corrected chi connectivity index (χ2v) is 3.41. The van der Waals surface area contributed by atoms with Gasteiger partial charge in [-0.3, -0.25) is 4.98 Å². The summed E-state index contributed by atoms with van der Waals surface area (Å²) in [6.45, 7) is 2.34. The number of pyridine rings is 1. The van der Waals surface area contributed by atoms with Gasteiger partial charge in [0.2, 0.25) is 6.08 Å². The number of nitrogens with zero attached hydrogens (tertiary/aromatic N) is 2. The molecular weight excluding hydrogens is 188 g/mol. The van der Waals surface area contributed by atoms with Crippen LogP contribution in [0.2, 0.25) is 0 Å². The third-order valence-electron chi connectivity index (χ3n) is 2.25. The summed E-state index contributed by atoms with van der Waals surface area (Å²) in [6, 6.07) is 7.99. The quantitative estimate of drug-likeness (QED) is 0.549. The predicted molar refractivity (Wildman–Crippen MR) is 58.3 cm³/mol. The molecule has 2 aromatic rings. The van der Waals surface area contributed by atoms with Crippen molar-refractivity contribution in [2.75, 3.05) is 0 Å². The lowest BCUT2D eigenvalue weighted by molar-refractivity contribution is 0.563. The highest BCUT2D eigenvalue weighted by Crippen LogP contribution is 2.16. The molecule has 15 heavy (non-hydrogen) atoms. The Morgan fingerprint density at radius 3 is 3.00 bits per heavy atom. The van der Waals surface area contributed by atoms with Gasteiger partial charge in [-0.15, -0.1) is 0 Å².